The van der Waals surface area contributed by atoms with E-state index in [1.807, 2.05) is 14.1 Å². The number of hydrogen-bond acceptors (Lipinski definition) is 4. The number of methoxy groups -OCH3 is 1. The zero-order chi connectivity index (χ0) is 9.84. The maximum absolute atomic E-state index is 11.4. The number of hydrogen-bond donors (Lipinski definition) is 1. The summed E-state index contributed by atoms with van der Waals surface area (Å²) in [6.45, 7) is 1.77. The Morgan fingerprint density at radius 3 is 2.77 bits per heavy atom. The minimum absolute atomic E-state index is 0.0289. The number of carbonyl (C=O) groups is 1. The van der Waals surface area contributed by atoms with Crippen molar-refractivity contribution < 1.29 is 9.53 Å². The lowest BCUT2D eigenvalue weighted by molar-refractivity contribution is -0.148. The van der Waals surface area contributed by atoms with E-state index >= 15 is 0 Å². The number of piperidine rings is 1. The minimum atomic E-state index is -0.0831. The summed E-state index contributed by atoms with van der Waals surface area (Å²) in [6.07, 6.45) is 0.871. The Hall–Kier alpha value is -0.610. The van der Waals surface area contributed by atoms with Gasteiger partial charge in [-0.15, -0.1) is 0 Å². The molecule has 2 atom stereocenters. The normalized spacial score (nSPS) is 28.9. The van der Waals surface area contributed by atoms with Crippen molar-refractivity contribution in [3.8, 4) is 0 Å². The highest BCUT2D eigenvalue weighted by atomic mass is 16.5. The summed E-state index contributed by atoms with van der Waals surface area (Å²) in [5.74, 6) is -0.0542. The largest absolute Gasteiger partial charge is 0.469 e. The van der Waals surface area contributed by atoms with Gasteiger partial charge in [-0.05, 0) is 27.1 Å². The van der Waals surface area contributed by atoms with E-state index < -0.39 is 0 Å². The Balaban J connectivity index is 2.61. The molecule has 4 nitrogen and oxygen atoms in total. The monoisotopic (exact) mass is 186 g/mol. The molecule has 13 heavy (non-hydrogen) atoms. The number of carbonyl (C=O) groups excluding carboxylic acids is 1. The van der Waals surface area contributed by atoms with Gasteiger partial charge in [-0.25, -0.2) is 0 Å². The molecule has 1 aliphatic rings. The number of nitrogens with one attached hydrogen (secondary N) is 1. The molecule has 0 aromatic carbocycles. The summed E-state index contributed by atoms with van der Waals surface area (Å²) in [6, 6.07) is 0.265. The molecule has 0 spiro atoms. The van der Waals surface area contributed by atoms with Crippen LogP contribution in [0.1, 0.15) is 6.42 Å². The van der Waals surface area contributed by atoms with Crippen molar-refractivity contribution in [2.24, 2.45) is 5.92 Å². The Morgan fingerprint density at radius 2 is 2.23 bits per heavy atom. The third-order valence-corrected chi connectivity index (χ3v) is 2.62. The lowest BCUT2D eigenvalue weighted by Crippen LogP contribution is -2.51. The molecule has 1 saturated heterocycles. The highest BCUT2D eigenvalue weighted by Gasteiger charge is 2.32. The van der Waals surface area contributed by atoms with Crippen molar-refractivity contribution in [3.63, 3.8) is 0 Å². The van der Waals surface area contributed by atoms with Crippen LogP contribution in [0.3, 0.4) is 0 Å². The Bertz CT molecular complexity index is 182. The number of ether oxygens (including phenoxy) is 1. The first-order chi connectivity index (χ1) is 6.16. The molecule has 0 radical (unpaired) electrons. The Morgan fingerprint density at radius 1 is 1.54 bits per heavy atom. The molecule has 76 valence electrons. The zero-order valence-corrected chi connectivity index (χ0v) is 8.54. The van der Waals surface area contributed by atoms with Crippen LogP contribution in [0, 0.1) is 5.92 Å². The van der Waals surface area contributed by atoms with Gasteiger partial charge in [0.05, 0.1) is 13.0 Å². The second-order valence-electron chi connectivity index (χ2n) is 3.65. The van der Waals surface area contributed by atoms with E-state index in [2.05, 4.69) is 10.2 Å². The van der Waals surface area contributed by atoms with Crippen LogP contribution in [0.4, 0.5) is 0 Å². The SMILES string of the molecule is COC(=O)C1CCNCC1N(C)C. The lowest BCUT2D eigenvalue weighted by Gasteiger charge is -2.34. The van der Waals surface area contributed by atoms with Gasteiger partial charge in [0.25, 0.3) is 0 Å². The van der Waals surface area contributed by atoms with E-state index in [1.165, 1.54) is 7.11 Å². The average Bonchev–Trinajstić information content (AvgIpc) is 2.16. The van der Waals surface area contributed by atoms with Crippen LogP contribution in [0.2, 0.25) is 0 Å². The highest BCUT2D eigenvalue weighted by Crippen LogP contribution is 2.17. The van der Waals surface area contributed by atoms with E-state index in [-0.39, 0.29) is 17.9 Å². The molecular formula is C9H18N2O2. The lowest BCUT2D eigenvalue weighted by atomic mass is 9.92. The number of rotatable bonds is 2. The fraction of sp³-hybridized carbons (Fsp3) is 0.889. The van der Waals surface area contributed by atoms with Crippen LogP contribution in [-0.2, 0) is 9.53 Å². The van der Waals surface area contributed by atoms with Gasteiger partial charge in [-0.3, -0.25) is 4.79 Å². The first kappa shape index (κ1) is 10.5. The van der Waals surface area contributed by atoms with Crippen LogP contribution in [0.25, 0.3) is 0 Å². The molecule has 1 fully saturated rings. The second-order valence-corrected chi connectivity index (χ2v) is 3.65. The molecule has 0 saturated carbocycles. The fourth-order valence-electron chi connectivity index (χ4n) is 1.81. The first-order valence-electron chi connectivity index (χ1n) is 4.61. The predicted molar refractivity (Wildman–Crippen MR) is 50.5 cm³/mol. The Labute approximate surface area is 79.2 Å². The van der Waals surface area contributed by atoms with Crippen molar-refractivity contribution in [1.82, 2.24) is 10.2 Å². The van der Waals surface area contributed by atoms with Crippen LogP contribution in [0.15, 0.2) is 0 Å². The maximum Gasteiger partial charge on any atom is 0.310 e. The molecule has 1 heterocycles. The highest BCUT2D eigenvalue weighted by molar-refractivity contribution is 5.73. The fourth-order valence-corrected chi connectivity index (χ4v) is 1.81. The summed E-state index contributed by atoms with van der Waals surface area (Å²) in [5, 5.41) is 3.28. The van der Waals surface area contributed by atoms with E-state index in [0.717, 1.165) is 19.5 Å². The zero-order valence-electron chi connectivity index (χ0n) is 8.54. The molecule has 1 rings (SSSR count). The summed E-state index contributed by atoms with van der Waals surface area (Å²) in [7, 11) is 5.44. The van der Waals surface area contributed by atoms with Crippen LogP contribution < -0.4 is 5.32 Å². The van der Waals surface area contributed by atoms with Crippen LogP contribution in [-0.4, -0.2) is 51.2 Å². The standard InChI is InChI=1S/C9H18N2O2/c1-11(2)8-6-10-5-4-7(8)9(12)13-3/h7-8,10H,4-6H2,1-3H3. The topological polar surface area (TPSA) is 41.6 Å². The smallest absolute Gasteiger partial charge is 0.310 e. The average molecular weight is 186 g/mol. The number of nitrogens with zero attached hydrogens (tertiary/aromatic N) is 1. The van der Waals surface area contributed by atoms with E-state index in [4.69, 9.17) is 4.74 Å². The molecule has 2 unspecified atom stereocenters. The van der Waals surface area contributed by atoms with Gasteiger partial charge in [0.2, 0.25) is 0 Å². The van der Waals surface area contributed by atoms with E-state index in [9.17, 15) is 4.79 Å². The molecule has 1 aliphatic heterocycles. The molecular weight excluding hydrogens is 168 g/mol. The van der Waals surface area contributed by atoms with Gasteiger partial charge in [0.15, 0.2) is 0 Å². The van der Waals surface area contributed by atoms with E-state index in [1.54, 1.807) is 0 Å². The quantitative estimate of drug-likeness (QED) is 0.601. The molecule has 4 heteroatoms. The third kappa shape index (κ3) is 2.42. The van der Waals surface area contributed by atoms with Gasteiger partial charge in [-0.2, -0.15) is 0 Å². The van der Waals surface area contributed by atoms with Crippen molar-refractivity contribution in [1.29, 1.82) is 0 Å². The summed E-state index contributed by atoms with van der Waals surface area (Å²) in [5.41, 5.74) is 0. The molecule has 1 N–H and O–H groups in total. The van der Waals surface area contributed by atoms with Gasteiger partial charge in [0.1, 0.15) is 0 Å². The molecule has 0 bridgehead atoms. The van der Waals surface area contributed by atoms with Gasteiger partial charge < -0.3 is 15.0 Å². The predicted octanol–water partition coefficient (Wildman–Crippen LogP) is -0.301. The summed E-state index contributed by atoms with van der Waals surface area (Å²) >= 11 is 0. The first-order valence-corrected chi connectivity index (χ1v) is 4.61. The van der Waals surface area contributed by atoms with Gasteiger partial charge in [-0.1, -0.05) is 0 Å². The van der Waals surface area contributed by atoms with Gasteiger partial charge in [0, 0.05) is 12.6 Å². The molecule has 0 aromatic heterocycles. The van der Waals surface area contributed by atoms with Crippen molar-refractivity contribution in [2.75, 3.05) is 34.3 Å². The molecule has 0 aromatic rings. The van der Waals surface area contributed by atoms with Crippen molar-refractivity contribution >= 4 is 5.97 Å². The summed E-state index contributed by atoms with van der Waals surface area (Å²) < 4.78 is 4.78. The Kier molecular flexibility index (Phi) is 3.69. The van der Waals surface area contributed by atoms with Crippen molar-refractivity contribution in [3.05, 3.63) is 0 Å². The number of likely N-dealkylation sites (N-methyl/N-ethyl adjacent to an activating group) is 1. The molecule has 0 amide bonds. The van der Waals surface area contributed by atoms with Crippen LogP contribution in [0.5, 0.6) is 0 Å². The molecule has 0 aliphatic carbocycles. The number of esters is 1. The maximum atomic E-state index is 11.4. The minimum Gasteiger partial charge on any atom is -0.469 e. The van der Waals surface area contributed by atoms with Crippen LogP contribution >= 0.6 is 0 Å². The summed E-state index contributed by atoms with van der Waals surface area (Å²) in [4.78, 5) is 13.5. The van der Waals surface area contributed by atoms with Crippen molar-refractivity contribution in [2.45, 2.75) is 12.5 Å². The van der Waals surface area contributed by atoms with Gasteiger partial charge >= 0.3 is 5.97 Å². The second kappa shape index (κ2) is 4.58. The van der Waals surface area contributed by atoms with E-state index in [0.29, 0.717) is 0 Å². The third-order valence-electron chi connectivity index (χ3n) is 2.62.